The second-order valence-corrected chi connectivity index (χ2v) is 4.90. The molecule has 0 radical (unpaired) electrons. The normalized spacial score (nSPS) is 31.2. The van der Waals surface area contributed by atoms with Crippen molar-refractivity contribution in [2.24, 2.45) is 0 Å². The van der Waals surface area contributed by atoms with E-state index in [-0.39, 0.29) is 18.1 Å². The zero-order valence-electron chi connectivity index (χ0n) is 10.8. The van der Waals surface area contributed by atoms with Crippen LogP contribution < -0.4 is 5.32 Å². The van der Waals surface area contributed by atoms with Crippen molar-refractivity contribution in [3.8, 4) is 0 Å². The molecule has 0 aromatic carbocycles. The van der Waals surface area contributed by atoms with Crippen LogP contribution in [0.3, 0.4) is 0 Å². The fraction of sp³-hybridized carbons (Fsp3) is 0.917. The van der Waals surface area contributed by atoms with Crippen LogP contribution in [0.5, 0.6) is 0 Å². The van der Waals surface area contributed by atoms with E-state index in [4.69, 9.17) is 4.74 Å². The maximum atomic E-state index is 11.7. The average Bonchev–Trinajstić information content (AvgIpc) is 2.68. The molecule has 2 rings (SSSR count). The highest BCUT2D eigenvalue weighted by Gasteiger charge is 2.29. The summed E-state index contributed by atoms with van der Waals surface area (Å²) in [5.41, 5.74) is 0. The molecule has 5 heteroatoms. The first kappa shape index (κ1) is 12.8. The maximum Gasteiger partial charge on any atom is 0.239 e. The first-order valence-corrected chi connectivity index (χ1v) is 6.53. The number of amides is 1. The lowest BCUT2D eigenvalue weighted by molar-refractivity contribution is -0.128. The van der Waals surface area contributed by atoms with Crippen molar-refractivity contribution in [1.29, 1.82) is 0 Å². The van der Waals surface area contributed by atoms with Gasteiger partial charge in [-0.05, 0) is 13.0 Å². The molecule has 0 saturated carbocycles. The monoisotopic (exact) mass is 241 g/mol. The summed E-state index contributed by atoms with van der Waals surface area (Å²) in [6, 6.07) is 0.000558. The molecular formula is C12H23N3O2. The molecule has 1 N–H and O–H groups in total. The van der Waals surface area contributed by atoms with Gasteiger partial charge >= 0.3 is 0 Å². The Kier molecular flexibility index (Phi) is 4.36. The zero-order chi connectivity index (χ0) is 12.3. The second-order valence-electron chi connectivity index (χ2n) is 4.90. The van der Waals surface area contributed by atoms with Crippen LogP contribution in [0.25, 0.3) is 0 Å². The van der Waals surface area contributed by atoms with Crippen molar-refractivity contribution in [1.82, 2.24) is 15.1 Å². The van der Waals surface area contributed by atoms with Crippen LogP contribution in [0.4, 0.5) is 0 Å². The number of morpholine rings is 1. The van der Waals surface area contributed by atoms with Gasteiger partial charge in [0.25, 0.3) is 0 Å². The van der Waals surface area contributed by atoms with Crippen LogP contribution in [0, 0.1) is 0 Å². The Morgan fingerprint density at radius 1 is 1.47 bits per heavy atom. The average molecular weight is 241 g/mol. The van der Waals surface area contributed by atoms with Crippen molar-refractivity contribution in [3.63, 3.8) is 0 Å². The smallest absolute Gasteiger partial charge is 0.239 e. The molecule has 2 aliphatic heterocycles. The highest BCUT2D eigenvalue weighted by atomic mass is 16.5. The summed E-state index contributed by atoms with van der Waals surface area (Å²) in [5, 5.41) is 3.33. The Morgan fingerprint density at radius 3 is 2.94 bits per heavy atom. The number of likely N-dealkylation sites (tertiary alicyclic amines) is 1. The van der Waals surface area contributed by atoms with Gasteiger partial charge in [-0.2, -0.15) is 0 Å². The molecule has 2 heterocycles. The minimum atomic E-state index is 0.000558. The quantitative estimate of drug-likeness (QED) is 0.722. The lowest BCUT2D eigenvalue weighted by atomic mass is 10.2. The number of carbonyl (C=O) groups excluding carboxylic acids is 1. The van der Waals surface area contributed by atoms with Crippen LogP contribution >= 0.6 is 0 Å². The van der Waals surface area contributed by atoms with Crippen LogP contribution in [0.1, 0.15) is 13.3 Å². The molecule has 17 heavy (non-hydrogen) atoms. The molecule has 5 nitrogen and oxygen atoms in total. The van der Waals surface area contributed by atoms with Gasteiger partial charge in [0.1, 0.15) is 0 Å². The van der Waals surface area contributed by atoms with E-state index in [0.29, 0.717) is 0 Å². The summed E-state index contributed by atoms with van der Waals surface area (Å²) in [6.45, 7) is 7.69. The molecule has 2 saturated heterocycles. The minimum Gasteiger partial charge on any atom is -0.374 e. The summed E-state index contributed by atoms with van der Waals surface area (Å²) in [7, 11) is 1.86. The predicted molar refractivity (Wildman–Crippen MR) is 65.9 cm³/mol. The van der Waals surface area contributed by atoms with E-state index >= 15 is 0 Å². The predicted octanol–water partition coefficient (Wildman–Crippen LogP) is -0.473. The number of rotatable bonds is 4. The van der Waals surface area contributed by atoms with E-state index in [1.54, 1.807) is 4.90 Å². The largest absolute Gasteiger partial charge is 0.374 e. The van der Waals surface area contributed by atoms with Gasteiger partial charge in [0.2, 0.25) is 5.91 Å². The SMILES string of the molecule is CCN1CCOC(CNC2CCN(C)C2=O)C1. The van der Waals surface area contributed by atoms with Crippen LogP contribution in [-0.2, 0) is 9.53 Å². The fourth-order valence-electron chi connectivity index (χ4n) is 2.48. The third-order valence-electron chi connectivity index (χ3n) is 3.69. The minimum absolute atomic E-state index is 0.000558. The highest BCUT2D eigenvalue weighted by Crippen LogP contribution is 2.09. The lowest BCUT2D eigenvalue weighted by Crippen LogP contribution is -2.49. The van der Waals surface area contributed by atoms with E-state index < -0.39 is 0 Å². The van der Waals surface area contributed by atoms with E-state index in [9.17, 15) is 4.79 Å². The summed E-state index contributed by atoms with van der Waals surface area (Å²) < 4.78 is 5.70. The fourth-order valence-corrected chi connectivity index (χ4v) is 2.48. The summed E-state index contributed by atoms with van der Waals surface area (Å²) in [5.74, 6) is 0.216. The Morgan fingerprint density at radius 2 is 2.29 bits per heavy atom. The van der Waals surface area contributed by atoms with E-state index in [2.05, 4.69) is 17.1 Å². The lowest BCUT2D eigenvalue weighted by Gasteiger charge is -2.32. The maximum absolute atomic E-state index is 11.7. The van der Waals surface area contributed by atoms with Crippen LogP contribution in [-0.4, -0.2) is 74.2 Å². The van der Waals surface area contributed by atoms with Gasteiger partial charge in [-0.25, -0.2) is 0 Å². The van der Waals surface area contributed by atoms with E-state index in [1.807, 2.05) is 7.05 Å². The van der Waals surface area contributed by atoms with Crippen LogP contribution in [0.15, 0.2) is 0 Å². The van der Waals surface area contributed by atoms with Gasteiger partial charge in [0, 0.05) is 33.2 Å². The van der Waals surface area contributed by atoms with Gasteiger partial charge in [-0.15, -0.1) is 0 Å². The number of carbonyl (C=O) groups is 1. The van der Waals surface area contributed by atoms with E-state index in [0.717, 1.165) is 45.8 Å². The number of nitrogens with zero attached hydrogens (tertiary/aromatic N) is 2. The molecule has 2 unspecified atom stereocenters. The Labute approximate surface area is 103 Å². The molecule has 0 aromatic heterocycles. The topological polar surface area (TPSA) is 44.8 Å². The molecule has 2 aliphatic rings. The van der Waals surface area contributed by atoms with Crippen molar-refractivity contribution in [2.45, 2.75) is 25.5 Å². The Bertz CT molecular complexity index is 272. The summed E-state index contributed by atoms with van der Waals surface area (Å²) >= 11 is 0. The van der Waals surface area contributed by atoms with Crippen molar-refractivity contribution >= 4 is 5.91 Å². The van der Waals surface area contributed by atoms with Crippen LogP contribution in [0.2, 0.25) is 0 Å². The molecular weight excluding hydrogens is 218 g/mol. The molecule has 0 aromatic rings. The molecule has 2 fully saturated rings. The third kappa shape index (κ3) is 3.18. The number of ether oxygens (including phenoxy) is 1. The van der Waals surface area contributed by atoms with Gasteiger partial charge in [0.05, 0.1) is 18.8 Å². The third-order valence-corrected chi connectivity index (χ3v) is 3.69. The molecule has 2 atom stereocenters. The number of hydrogen-bond donors (Lipinski definition) is 1. The number of likely N-dealkylation sites (N-methyl/N-ethyl adjacent to an activating group) is 2. The van der Waals surface area contributed by atoms with Gasteiger partial charge < -0.3 is 15.0 Å². The Hall–Kier alpha value is -0.650. The molecule has 0 bridgehead atoms. The second kappa shape index (κ2) is 5.80. The van der Waals surface area contributed by atoms with Gasteiger partial charge in [-0.3, -0.25) is 9.69 Å². The standard InChI is InChI=1S/C12H23N3O2/c1-3-15-6-7-17-10(9-15)8-13-11-4-5-14(2)12(11)16/h10-11,13H,3-9H2,1-2H3. The van der Waals surface area contributed by atoms with Gasteiger partial charge in [0.15, 0.2) is 0 Å². The first-order chi connectivity index (χ1) is 8.20. The molecule has 98 valence electrons. The molecule has 0 spiro atoms. The first-order valence-electron chi connectivity index (χ1n) is 6.53. The van der Waals surface area contributed by atoms with Crippen molar-refractivity contribution in [3.05, 3.63) is 0 Å². The molecule has 0 aliphatic carbocycles. The van der Waals surface area contributed by atoms with E-state index in [1.165, 1.54) is 0 Å². The van der Waals surface area contributed by atoms with Crippen molar-refractivity contribution in [2.75, 3.05) is 46.4 Å². The van der Waals surface area contributed by atoms with Crippen molar-refractivity contribution < 1.29 is 9.53 Å². The Balaban J connectivity index is 1.73. The number of nitrogens with one attached hydrogen (secondary N) is 1. The van der Waals surface area contributed by atoms with Gasteiger partial charge in [-0.1, -0.05) is 6.92 Å². The molecule has 1 amide bonds. The highest BCUT2D eigenvalue weighted by molar-refractivity contribution is 5.83. The zero-order valence-corrected chi connectivity index (χ0v) is 10.8. The summed E-state index contributed by atoms with van der Waals surface area (Å²) in [6.07, 6.45) is 1.14. The number of hydrogen-bond acceptors (Lipinski definition) is 4. The summed E-state index contributed by atoms with van der Waals surface area (Å²) in [4.78, 5) is 15.9.